The van der Waals surface area contributed by atoms with Crippen molar-refractivity contribution in [2.75, 3.05) is 0 Å². The first kappa shape index (κ1) is 24.0. The van der Waals surface area contributed by atoms with Crippen LogP contribution in [0, 0.1) is 0 Å². The number of aryl methyl sites for hydroxylation is 1. The molecule has 0 saturated heterocycles. The highest BCUT2D eigenvalue weighted by Crippen LogP contribution is 2.45. The van der Waals surface area contributed by atoms with E-state index in [4.69, 9.17) is 23.6 Å². The molecule has 5 aromatic rings. The number of aromatic nitrogens is 1. The molecule has 0 unspecified atom stereocenters. The van der Waals surface area contributed by atoms with Crippen LogP contribution in [0.4, 0.5) is 0 Å². The summed E-state index contributed by atoms with van der Waals surface area (Å²) in [6, 6.07) is 40.0. The summed E-state index contributed by atoms with van der Waals surface area (Å²) in [7, 11) is 2.08. The van der Waals surface area contributed by atoms with Crippen LogP contribution in [0.5, 0.6) is 0 Å². The van der Waals surface area contributed by atoms with Gasteiger partial charge in [0.15, 0.2) is 12.4 Å². The highest BCUT2D eigenvalue weighted by atomic mass is 32.4. The molecule has 0 radical (unpaired) electrons. The highest BCUT2D eigenvalue weighted by molar-refractivity contribution is 8.26. The number of rotatable bonds is 6. The van der Waals surface area contributed by atoms with Gasteiger partial charge in [-0.2, -0.15) is 0 Å². The number of pyridine rings is 1. The van der Waals surface area contributed by atoms with Gasteiger partial charge in [0.25, 0.3) is 0 Å². The standard InChI is InChI=1S/C30H26NP2S2/c1-31-23-29(32(34,25-14-6-2-7-15-25)26-16-8-3-9-17-26)22-30(24-31)33(35,27-18-10-4-11-19-27)28-20-12-5-13-21-28/h2-24H,1H3/q+1. The van der Waals surface area contributed by atoms with Gasteiger partial charge in [0, 0.05) is 12.1 Å². The van der Waals surface area contributed by atoms with E-state index in [-0.39, 0.29) is 0 Å². The average Bonchev–Trinajstić information content (AvgIpc) is 2.93. The Balaban J connectivity index is 1.81. The molecule has 0 atom stereocenters. The molecule has 0 saturated carbocycles. The molecule has 0 fully saturated rings. The Labute approximate surface area is 218 Å². The Morgan fingerprint density at radius 3 is 0.943 bits per heavy atom. The second-order valence-corrected chi connectivity index (χ2v) is 17.3. The first-order chi connectivity index (χ1) is 17.0. The maximum Gasteiger partial charge on any atom is 0.177 e. The van der Waals surface area contributed by atoms with Crippen molar-refractivity contribution in [3.8, 4) is 0 Å². The van der Waals surface area contributed by atoms with Crippen molar-refractivity contribution < 1.29 is 4.57 Å². The second-order valence-electron chi connectivity index (χ2n) is 8.48. The summed E-state index contributed by atoms with van der Waals surface area (Å²) in [6.07, 6.45) is 4.39. The van der Waals surface area contributed by atoms with Crippen molar-refractivity contribution in [2.45, 2.75) is 0 Å². The SMILES string of the molecule is C[n+]1cc(P(=S)(c2ccccc2)c2ccccc2)cc(P(=S)(c2ccccc2)c2ccccc2)c1. The zero-order chi connectivity index (χ0) is 24.3. The van der Waals surface area contributed by atoms with Gasteiger partial charge in [-0.25, -0.2) is 4.57 Å². The first-order valence-electron chi connectivity index (χ1n) is 11.5. The molecule has 0 aliphatic rings. The molecule has 1 heterocycles. The van der Waals surface area contributed by atoms with Gasteiger partial charge in [-0.3, -0.25) is 0 Å². The van der Waals surface area contributed by atoms with E-state index in [2.05, 4.69) is 151 Å². The van der Waals surface area contributed by atoms with Crippen LogP contribution in [0.15, 0.2) is 140 Å². The Hall–Kier alpha value is -2.67. The van der Waals surface area contributed by atoms with Gasteiger partial charge in [0.2, 0.25) is 0 Å². The quantitative estimate of drug-likeness (QED) is 0.243. The zero-order valence-electron chi connectivity index (χ0n) is 19.4. The zero-order valence-corrected chi connectivity index (χ0v) is 22.9. The van der Waals surface area contributed by atoms with Crippen LogP contribution in [0.3, 0.4) is 0 Å². The van der Waals surface area contributed by atoms with E-state index in [0.29, 0.717) is 0 Å². The Morgan fingerprint density at radius 1 is 0.429 bits per heavy atom. The third-order valence-corrected chi connectivity index (χ3v) is 16.0. The smallest absolute Gasteiger partial charge is 0.177 e. The molecule has 0 aliphatic carbocycles. The monoisotopic (exact) mass is 526 g/mol. The summed E-state index contributed by atoms with van der Waals surface area (Å²) >= 11 is 13.3. The Morgan fingerprint density at radius 2 is 0.686 bits per heavy atom. The van der Waals surface area contributed by atoms with Gasteiger partial charge in [0.1, 0.15) is 7.05 Å². The van der Waals surface area contributed by atoms with E-state index in [1.165, 1.54) is 21.2 Å². The lowest BCUT2D eigenvalue weighted by molar-refractivity contribution is -0.669. The van der Waals surface area contributed by atoms with Crippen molar-refractivity contribution in [3.05, 3.63) is 140 Å². The third-order valence-electron chi connectivity index (χ3n) is 6.17. The number of hydrogen-bond acceptors (Lipinski definition) is 2. The molecule has 0 amide bonds. The molecular formula is C30H26NP2S2+. The fraction of sp³-hybridized carbons (Fsp3) is 0.0333. The highest BCUT2D eigenvalue weighted by Gasteiger charge is 2.32. The van der Waals surface area contributed by atoms with Gasteiger partial charge in [0.05, 0.1) is 10.6 Å². The van der Waals surface area contributed by atoms with E-state index >= 15 is 0 Å². The number of nitrogens with zero attached hydrogens (tertiary/aromatic N) is 1. The van der Waals surface area contributed by atoms with Crippen LogP contribution in [-0.4, -0.2) is 0 Å². The lowest BCUT2D eigenvalue weighted by atomic mass is 10.4. The van der Waals surface area contributed by atoms with Gasteiger partial charge < -0.3 is 0 Å². The topological polar surface area (TPSA) is 3.88 Å². The van der Waals surface area contributed by atoms with Crippen LogP contribution >= 0.6 is 12.1 Å². The van der Waals surface area contributed by atoms with E-state index < -0.39 is 12.1 Å². The predicted molar refractivity (Wildman–Crippen MR) is 160 cm³/mol. The van der Waals surface area contributed by atoms with E-state index in [9.17, 15) is 0 Å². The molecule has 172 valence electrons. The maximum absolute atomic E-state index is 6.65. The Bertz CT molecular complexity index is 1340. The summed E-state index contributed by atoms with van der Waals surface area (Å²) in [4.78, 5) is 0. The minimum Gasteiger partial charge on any atom is -0.206 e. The van der Waals surface area contributed by atoms with Crippen LogP contribution < -0.4 is 36.4 Å². The van der Waals surface area contributed by atoms with Crippen molar-refractivity contribution in [2.24, 2.45) is 7.05 Å². The van der Waals surface area contributed by atoms with Crippen LogP contribution in [0.2, 0.25) is 0 Å². The third kappa shape index (κ3) is 4.51. The minimum absolute atomic E-state index is 1.16. The van der Waals surface area contributed by atoms with Crippen molar-refractivity contribution in [1.82, 2.24) is 0 Å². The van der Waals surface area contributed by atoms with Crippen LogP contribution in [0.1, 0.15) is 0 Å². The Kier molecular flexibility index (Phi) is 6.96. The minimum atomic E-state index is -2.30. The molecule has 0 spiro atoms. The van der Waals surface area contributed by atoms with Gasteiger partial charge >= 0.3 is 0 Å². The molecule has 5 rings (SSSR count). The van der Waals surface area contributed by atoms with E-state index in [0.717, 1.165) is 10.6 Å². The largest absolute Gasteiger partial charge is 0.206 e. The number of benzene rings is 4. The van der Waals surface area contributed by atoms with E-state index in [1.54, 1.807) is 0 Å². The lowest BCUT2D eigenvalue weighted by Crippen LogP contribution is -2.41. The molecule has 1 aromatic heterocycles. The first-order valence-corrected chi connectivity index (χ1v) is 17.1. The van der Waals surface area contributed by atoms with Crippen molar-refractivity contribution >= 4 is 67.5 Å². The molecule has 4 aromatic carbocycles. The molecule has 0 aliphatic heterocycles. The summed E-state index contributed by atoms with van der Waals surface area (Å²) in [5, 5.41) is 7.06. The van der Waals surface area contributed by atoms with Crippen LogP contribution in [-0.2, 0) is 30.7 Å². The van der Waals surface area contributed by atoms with Gasteiger partial charge in [-0.1, -0.05) is 145 Å². The van der Waals surface area contributed by atoms with E-state index in [1.807, 2.05) is 0 Å². The summed E-state index contributed by atoms with van der Waals surface area (Å²) in [5.41, 5.74) is 0. The molecule has 1 nitrogen and oxygen atoms in total. The predicted octanol–water partition coefficient (Wildman–Crippen LogP) is 4.02. The molecule has 0 N–H and O–H groups in total. The van der Waals surface area contributed by atoms with Crippen molar-refractivity contribution in [3.63, 3.8) is 0 Å². The van der Waals surface area contributed by atoms with Crippen LogP contribution in [0.25, 0.3) is 0 Å². The lowest BCUT2D eigenvalue weighted by Gasteiger charge is -2.26. The fourth-order valence-corrected chi connectivity index (χ4v) is 12.1. The van der Waals surface area contributed by atoms with Gasteiger partial charge in [-0.15, -0.1) is 0 Å². The summed E-state index contributed by atoms with van der Waals surface area (Å²) in [5.74, 6) is 0. The molecule has 35 heavy (non-hydrogen) atoms. The fourth-order valence-electron chi connectivity index (χ4n) is 4.47. The number of hydrogen-bond donors (Lipinski definition) is 0. The molecule has 0 bridgehead atoms. The molecule has 5 heteroatoms. The maximum atomic E-state index is 6.65. The summed E-state index contributed by atoms with van der Waals surface area (Å²) in [6.45, 7) is 0. The average molecular weight is 527 g/mol. The molecular weight excluding hydrogens is 500 g/mol. The van der Waals surface area contributed by atoms with Crippen molar-refractivity contribution in [1.29, 1.82) is 0 Å². The normalized spacial score (nSPS) is 11.8. The summed E-state index contributed by atoms with van der Waals surface area (Å²) < 4.78 is 2.14. The second kappa shape index (κ2) is 10.1. The van der Waals surface area contributed by atoms with Gasteiger partial charge in [-0.05, 0) is 27.3 Å².